The Morgan fingerprint density at radius 3 is 2.38 bits per heavy atom. The lowest BCUT2D eigenvalue weighted by atomic mass is 9.80. The first-order valence-corrected chi connectivity index (χ1v) is 10.4. The van der Waals surface area contributed by atoms with Crippen LogP contribution in [0.1, 0.15) is 32.4 Å². The maximum atomic E-state index is 11.5. The number of benzene rings is 1. The minimum Gasteiger partial charge on any atom is -0.465 e. The second-order valence-electron chi connectivity index (χ2n) is 7.79. The van der Waals surface area contributed by atoms with Crippen LogP contribution in [0.4, 0.5) is 4.79 Å². The summed E-state index contributed by atoms with van der Waals surface area (Å²) in [7, 11) is -3.60. The van der Waals surface area contributed by atoms with Gasteiger partial charge in [-0.3, -0.25) is 9.08 Å². The highest BCUT2D eigenvalue weighted by atomic mass is 32.2. The van der Waals surface area contributed by atoms with E-state index in [0.29, 0.717) is 13.1 Å². The highest BCUT2D eigenvalue weighted by Crippen LogP contribution is 2.40. The van der Waals surface area contributed by atoms with Crippen LogP contribution in [0.3, 0.4) is 0 Å². The third-order valence-electron chi connectivity index (χ3n) is 4.54. The van der Waals surface area contributed by atoms with Crippen LogP contribution < -0.4 is 0 Å². The first-order valence-electron chi connectivity index (χ1n) is 8.62. The number of amides is 1. The van der Waals surface area contributed by atoms with Crippen molar-refractivity contribution in [2.24, 2.45) is 5.41 Å². The molecule has 1 amide bonds. The zero-order valence-electron chi connectivity index (χ0n) is 15.8. The van der Waals surface area contributed by atoms with E-state index in [0.717, 1.165) is 11.8 Å². The van der Waals surface area contributed by atoms with Crippen LogP contribution in [0.15, 0.2) is 30.3 Å². The first kappa shape index (κ1) is 20.7. The van der Waals surface area contributed by atoms with Gasteiger partial charge < -0.3 is 10.0 Å². The molecule has 0 aliphatic carbocycles. The topological polar surface area (TPSA) is 87.2 Å². The number of carbonyl (C=O) groups is 1. The Kier molecular flexibility index (Phi) is 6.31. The zero-order chi connectivity index (χ0) is 19.5. The van der Waals surface area contributed by atoms with E-state index in [1.54, 1.807) is 0 Å². The smallest absolute Gasteiger partial charge is 0.407 e. The first-order chi connectivity index (χ1) is 12.0. The second-order valence-corrected chi connectivity index (χ2v) is 9.43. The van der Waals surface area contributed by atoms with Gasteiger partial charge in [-0.15, -0.1) is 0 Å². The fourth-order valence-electron chi connectivity index (χ4n) is 3.56. The van der Waals surface area contributed by atoms with Crippen LogP contribution >= 0.6 is 0 Å². The molecule has 0 bridgehead atoms. The van der Waals surface area contributed by atoms with Gasteiger partial charge in [-0.25, -0.2) is 4.79 Å². The monoisotopic (exact) mass is 384 g/mol. The zero-order valence-corrected chi connectivity index (χ0v) is 16.6. The molecule has 26 heavy (non-hydrogen) atoms. The molecule has 8 heteroatoms. The van der Waals surface area contributed by atoms with Crippen LogP contribution in [0.5, 0.6) is 0 Å². The fourth-order valence-corrected chi connectivity index (χ4v) is 3.96. The summed E-state index contributed by atoms with van der Waals surface area (Å²) in [5.41, 5.74) is 0.990. The molecule has 0 radical (unpaired) electrons. The van der Waals surface area contributed by atoms with Crippen molar-refractivity contribution in [3.05, 3.63) is 35.9 Å². The molecule has 1 fully saturated rings. The Morgan fingerprint density at radius 2 is 1.88 bits per heavy atom. The van der Waals surface area contributed by atoms with Gasteiger partial charge in [0, 0.05) is 25.7 Å². The summed E-state index contributed by atoms with van der Waals surface area (Å²) in [6.07, 6.45) is 0.00846. The van der Waals surface area contributed by atoms with Crippen molar-refractivity contribution in [2.45, 2.75) is 32.9 Å². The van der Waals surface area contributed by atoms with Crippen molar-refractivity contribution in [3.8, 4) is 0 Å². The van der Waals surface area contributed by atoms with Crippen LogP contribution in [0.25, 0.3) is 0 Å². The Bertz CT molecular complexity index is 715. The average Bonchev–Trinajstić information content (AvgIpc) is 2.52. The van der Waals surface area contributed by atoms with Crippen molar-refractivity contribution in [2.75, 3.05) is 32.5 Å². The van der Waals surface area contributed by atoms with Crippen molar-refractivity contribution >= 4 is 16.2 Å². The molecule has 146 valence electrons. The molecule has 2 rings (SSSR count). The van der Waals surface area contributed by atoms with Crippen molar-refractivity contribution in [3.63, 3.8) is 0 Å². The predicted octanol–water partition coefficient (Wildman–Crippen LogP) is 2.41. The van der Waals surface area contributed by atoms with Crippen molar-refractivity contribution in [1.82, 2.24) is 9.80 Å². The Hall–Kier alpha value is -1.64. The van der Waals surface area contributed by atoms with Gasteiger partial charge in [-0.1, -0.05) is 51.1 Å². The lowest BCUT2D eigenvalue weighted by Gasteiger charge is -2.48. The molecule has 1 heterocycles. The third kappa shape index (κ3) is 5.43. The fraction of sp³-hybridized carbons (Fsp3) is 0.611. The molecule has 0 spiro atoms. The van der Waals surface area contributed by atoms with Gasteiger partial charge in [0.2, 0.25) is 0 Å². The molecular weight excluding hydrogens is 356 g/mol. The van der Waals surface area contributed by atoms with Crippen molar-refractivity contribution in [1.29, 1.82) is 0 Å². The van der Waals surface area contributed by atoms with Gasteiger partial charge in [-0.05, 0) is 11.0 Å². The summed E-state index contributed by atoms with van der Waals surface area (Å²) in [6.45, 7) is 7.42. The molecule has 0 aromatic heterocycles. The summed E-state index contributed by atoms with van der Waals surface area (Å²) in [6, 6.07) is 9.66. The van der Waals surface area contributed by atoms with Crippen molar-refractivity contribution < 1.29 is 22.5 Å². The Balaban J connectivity index is 2.35. The van der Waals surface area contributed by atoms with E-state index in [1.807, 2.05) is 30.3 Å². The quantitative estimate of drug-likeness (QED) is 0.785. The van der Waals surface area contributed by atoms with Gasteiger partial charge in [0.25, 0.3) is 10.1 Å². The standard InChI is InChI=1S/C18H28N2O5S/c1-18(2,3)16(14-8-6-5-7-9-14)20-11-10-19(17(21)22)12-15(20)13-25-26(4,23)24/h5-9,15-16H,10-13H2,1-4H3,(H,21,22). The highest BCUT2D eigenvalue weighted by Gasteiger charge is 2.40. The van der Waals surface area contributed by atoms with Crippen LogP contribution in [0, 0.1) is 5.41 Å². The molecule has 0 saturated carbocycles. The molecule has 1 aromatic rings. The third-order valence-corrected chi connectivity index (χ3v) is 5.10. The minimum atomic E-state index is -3.60. The average molecular weight is 384 g/mol. The summed E-state index contributed by atoms with van der Waals surface area (Å²) in [4.78, 5) is 14.9. The largest absolute Gasteiger partial charge is 0.465 e. The summed E-state index contributed by atoms with van der Waals surface area (Å²) in [5, 5.41) is 9.33. The number of rotatable bonds is 5. The van der Waals surface area contributed by atoms with E-state index in [4.69, 9.17) is 4.18 Å². The molecule has 7 nitrogen and oxygen atoms in total. The number of carboxylic acid groups (broad SMARTS) is 1. The Morgan fingerprint density at radius 1 is 1.27 bits per heavy atom. The number of nitrogens with zero attached hydrogens (tertiary/aromatic N) is 2. The molecule has 2 atom stereocenters. The summed E-state index contributed by atoms with van der Waals surface area (Å²) in [5.74, 6) is 0. The van der Waals surface area contributed by atoms with Crippen LogP contribution in [0.2, 0.25) is 0 Å². The van der Waals surface area contributed by atoms with Crippen LogP contribution in [-0.4, -0.2) is 68.0 Å². The van der Waals surface area contributed by atoms with Gasteiger partial charge in [0.05, 0.1) is 18.9 Å². The summed E-state index contributed by atoms with van der Waals surface area (Å²) >= 11 is 0. The number of hydrogen-bond acceptors (Lipinski definition) is 5. The Labute approximate surface area is 155 Å². The lowest BCUT2D eigenvalue weighted by Crippen LogP contribution is -2.58. The maximum absolute atomic E-state index is 11.5. The van der Waals surface area contributed by atoms with E-state index in [1.165, 1.54) is 4.90 Å². The molecule has 2 unspecified atom stereocenters. The van der Waals surface area contributed by atoms with E-state index in [-0.39, 0.29) is 30.7 Å². The van der Waals surface area contributed by atoms with Gasteiger partial charge in [0.1, 0.15) is 0 Å². The second kappa shape index (κ2) is 7.94. The summed E-state index contributed by atoms with van der Waals surface area (Å²) < 4.78 is 28.0. The molecule has 1 aliphatic rings. The SMILES string of the molecule is CC(C)(C)C(c1ccccc1)N1CCN(C(=O)O)CC1COS(C)(=O)=O. The molecule has 1 saturated heterocycles. The van der Waals surface area contributed by atoms with E-state index in [2.05, 4.69) is 25.7 Å². The normalized spacial score (nSPS) is 20.8. The van der Waals surface area contributed by atoms with E-state index < -0.39 is 16.2 Å². The van der Waals surface area contributed by atoms with Crippen LogP contribution in [-0.2, 0) is 14.3 Å². The molecule has 1 aromatic carbocycles. The van der Waals surface area contributed by atoms with Gasteiger partial charge >= 0.3 is 6.09 Å². The van der Waals surface area contributed by atoms with Gasteiger partial charge in [-0.2, -0.15) is 8.42 Å². The number of piperazine rings is 1. The molecule has 1 aliphatic heterocycles. The lowest BCUT2D eigenvalue weighted by molar-refractivity contribution is -0.0123. The maximum Gasteiger partial charge on any atom is 0.407 e. The number of hydrogen-bond donors (Lipinski definition) is 1. The van der Waals surface area contributed by atoms with Gasteiger partial charge in [0.15, 0.2) is 0 Å². The van der Waals surface area contributed by atoms with E-state index >= 15 is 0 Å². The molecule has 1 N–H and O–H groups in total. The van der Waals surface area contributed by atoms with E-state index in [9.17, 15) is 18.3 Å². The molecular formula is C18H28N2O5S. The highest BCUT2D eigenvalue weighted by molar-refractivity contribution is 7.85. The predicted molar refractivity (Wildman–Crippen MR) is 99.5 cm³/mol. The minimum absolute atomic E-state index is 0.00723.